The van der Waals surface area contributed by atoms with E-state index in [0.29, 0.717) is 17.3 Å². The van der Waals surface area contributed by atoms with Crippen LogP contribution in [-0.2, 0) is 6.42 Å². The Bertz CT molecular complexity index is 402. The maximum atomic E-state index is 5.17. The van der Waals surface area contributed by atoms with Crippen LogP contribution in [0.3, 0.4) is 0 Å². The van der Waals surface area contributed by atoms with Gasteiger partial charge in [-0.3, -0.25) is 0 Å². The zero-order valence-corrected chi connectivity index (χ0v) is 12.3. The van der Waals surface area contributed by atoms with Crippen molar-refractivity contribution in [2.75, 3.05) is 14.2 Å². The van der Waals surface area contributed by atoms with E-state index in [1.807, 2.05) is 6.07 Å². The summed E-state index contributed by atoms with van der Waals surface area (Å²) in [5, 5.41) is 3.50. The van der Waals surface area contributed by atoms with Crippen LogP contribution in [0.5, 0.6) is 5.88 Å². The van der Waals surface area contributed by atoms with Gasteiger partial charge in [-0.05, 0) is 25.3 Å². The third-order valence-corrected chi connectivity index (χ3v) is 4.51. The summed E-state index contributed by atoms with van der Waals surface area (Å²) >= 11 is 0. The highest BCUT2D eigenvalue weighted by Crippen LogP contribution is 2.39. The molecule has 0 amide bonds. The van der Waals surface area contributed by atoms with Crippen molar-refractivity contribution in [1.29, 1.82) is 0 Å². The molecule has 4 heteroatoms. The van der Waals surface area contributed by atoms with E-state index in [-0.39, 0.29) is 0 Å². The number of methoxy groups -OCH3 is 1. The molecule has 19 heavy (non-hydrogen) atoms. The predicted molar refractivity (Wildman–Crippen MR) is 76.3 cm³/mol. The Morgan fingerprint density at radius 3 is 2.68 bits per heavy atom. The molecule has 1 fully saturated rings. The topological polar surface area (TPSA) is 47.0 Å². The molecule has 0 spiro atoms. The Hall–Kier alpha value is -1.16. The van der Waals surface area contributed by atoms with Gasteiger partial charge in [0, 0.05) is 24.2 Å². The van der Waals surface area contributed by atoms with Crippen LogP contribution >= 0.6 is 0 Å². The predicted octanol–water partition coefficient (Wildman–Crippen LogP) is 2.59. The molecule has 0 saturated heterocycles. The van der Waals surface area contributed by atoms with E-state index < -0.39 is 0 Å². The Morgan fingerprint density at radius 2 is 2.05 bits per heavy atom. The number of hydrogen-bond donors (Lipinski definition) is 1. The molecule has 1 saturated carbocycles. The van der Waals surface area contributed by atoms with Crippen molar-refractivity contribution in [2.24, 2.45) is 5.41 Å². The monoisotopic (exact) mass is 263 g/mol. The van der Waals surface area contributed by atoms with Gasteiger partial charge in [0.1, 0.15) is 6.33 Å². The summed E-state index contributed by atoms with van der Waals surface area (Å²) in [5.41, 5.74) is 1.43. The fourth-order valence-electron chi connectivity index (χ4n) is 3.21. The van der Waals surface area contributed by atoms with Crippen LogP contribution in [0.4, 0.5) is 0 Å². The molecule has 1 aliphatic rings. The van der Waals surface area contributed by atoms with Gasteiger partial charge < -0.3 is 10.1 Å². The third kappa shape index (κ3) is 3.44. The fourth-order valence-corrected chi connectivity index (χ4v) is 3.21. The zero-order valence-electron chi connectivity index (χ0n) is 12.3. The van der Waals surface area contributed by atoms with E-state index in [4.69, 9.17) is 4.74 Å². The van der Waals surface area contributed by atoms with E-state index in [0.717, 1.165) is 12.1 Å². The minimum absolute atomic E-state index is 0.380. The summed E-state index contributed by atoms with van der Waals surface area (Å²) in [5.74, 6) is 0.647. The molecule has 106 valence electrons. The number of hydrogen-bond acceptors (Lipinski definition) is 4. The summed E-state index contributed by atoms with van der Waals surface area (Å²) in [6.07, 6.45) is 9.22. The fraction of sp³-hybridized carbons (Fsp3) is 0.733. The van der Waals surface area contributed by atoms with E-state index in [9.17, 15) is 0 Å². The Kier molecular flexibility index (Phi) is 4.75. The van der Waals surface area contributed by atoms with Crippen LogP contribution in [0, 0.1) is 5.41 Å². The summed E-state index contributed by atoms with van der Waals surface area (Å²) in [6, 6.07) is 2.41. The average molecular weight is 263 g/mol. The summed E-state index contributed by atoms with van der Waals surface area (Å²) in [4.78, 5) is 8.44. The van der Waals surface area contributed by atoms with Gasteiger partial charge in [-0.1, -0.05) is 26.2 Å². The van der Waals surface area contributed by atoms with Crippen molar-refractivity contribution in [3.63, 3.8) is 0 Å². The van der Waals surface area contributed by atoms with Crippen LogP contribution in [-0.4, -0.2) is 30.2 Å². The molecule has 1 unspecified atom stereocenters. The van der Waals surface area contributed by atoms with Crippen molar-refractivity contribution < 1.29 is 4.74 Å². The van der Waals surface area contributed by atoms with Gasteiger partial charge in [-0.25, -0.2) is 9.97 Å². The maximum Gasteiger partial charge on any atom is 0.216 e. The van der Waals surface area contributed by atoms with E-state index in [2.05, 4.69) is 29.3 Å². The van der Waals surface area contributed by atoms with Gasteiger partial charge in [0.25, 0.3) is 0 Å². The molecule has 2 rings (SSSR count). The molecule has 1 heterocycles. The van der Waals surface area contributed by atoms with Crippen LogP contribution in [0.15, 0.2) is 12.4 Å². The van der Waals surface area contributed by atoms with Crippen molar-refractivity contribution in [3.8, 4) is 5.88 Å². The Balaban J connectivity index is 2.09. The number of aromatic nitrogens is 2. The largest absolute Gasteiger partial charge is 0.481 e. The number of nitrogens with zero attached hydrogens (tertiary/aromatic N) is 2. The van der Waals surface area contributed by atoms with Crippen LogP contribution in [0.2, 0.25) is 0 Å². The maximum absolute atomic E-state index is 5.17. The first-order chi connectivity index (χ1) is 9.18. The number of ether oxygens (including phenoxy) is 1. The normalized spacial score (nSPS) is 19.9. The van der Waals surface area contributed by atoms with Crippen LogP contribution in [0.1, 0.15) is 44.7 Å². The molecule has 0 bridgehead atoms. The van der Waals surface area contributed by atoms with Crippen LogP contribution < -0.4 is 10.1 Å². The molecule has 1 aliphatic carbocycles. The molecule has 0 radical (unpaired) electrons. The van der Waals surface area contributed by atoms with E-state index >= 15 is 0 Å². The molecule has 1 N–H and O–H groups in total. The van der Waals surface area contributed by atoms with Crippen molar-refractivity contribution in [2.45, 2.75) is 51.5 Å². The number of likely N-dealkylation sites (N-methyl/N-ethyl adjacent to an activating group) is 1. The molecule has 0 aliphatic heterocycles. The van der Waals surface area contributed by atoms with E-state index in [1.54, 1.807) is 13.4 Å². The second-order valence-corrected chi connectivity index (χ2v) is 5.81. The lowest BCUT2D eigenvalue weighted by atomic mass is 9.69. The first-order valence-electron chi connectivity index (χ1n) is 7.20. The van der Waals surface area contributed by atoms with Crippen molar-refractivity contribution in [1.82, 2.24) is 15.3 Å². The lowest BCUT2D eigenvalue weighted by molar-refractivity contribution is 0.148. The molecule has 0 aromatic carbocycles. The molecule has 1 aromatic rings. The second kappa shape index (κ2) is 6.33. The minimum Gasteiger partial charge on any atom is -0.481 e. The van der Waals surface area contributed by atoms with Crippen molar-refractivity contribution >= 4 is 0 Å². The van der Waals surface area contributed by atoms with Gasteiger partial charge in [0.05, 0.1) is 7.11 Å². The minimum atomic E-state index is 0.380. The molecular formula is C15H25N3O. The lowest BCUT2D eigenvalue weighted by Crippen LogP contribution is -2.44. The third-order valence-electron chi connectivity index (χ3n) is 4.51. The Morgan fingerprint density at radius 1 is 1.32 bits per heavy atom. The standard InChI is InChI=1S/C15H25N3O/c1-15(7-5-4-6-8-15)13(16-2)9-12-10-14(19-3)18-11-17-12/h10-11,13,16H,4-9H2,1-3H3. The molecule has 1 aromatic heterocycles. The average Bonchev–Trinajstić information content (AvgIpc) is 2.45. The summed E-state index contributed by atoms with van der Waals surface area (Å²) < 4.78 is 5.17. The molecule has 4 nitrogen and oxygen atoms in total. The number of rotatable bonds is 5. The highest BCUT2D eigenvalue weighted by atomic mass is 16.5. The summed E-state index contributed by atoms with van der Waals surface area (Å²) in [7, 11) is 3.70. The lowest BCUT2D eigenvalue weighted by Gasteiger charge is -2.40. The van der Waals surface area contributed by atoms with Crippen LogP contribution in [0.25, 0.3) is 0 Å². The van der Waals surface area contributed by atoms with Gasteiger partial charge in [-0.2, -0.15) is 0 Å². The molecule has 1 atom stereocenters. The van der Waals surface area contributed by atoms with Gasteiger partial charge >= 0.3 is 0 Å². The highest BCUT2D eigenvalue weighted by Gasteiger charge is 2.34. The first-order valence-corrected chi connectivity index (χ1v) is 7.20. The van der Waals surface area contributed by atoms with Crippen molar-refractivity contribution in [3.05, 3.63) is 18.1 Å². The van der Waals surface area contributed by atoms with E-state index in [1.165, 1.54) is 32.1 Å². The first kappa shape index (κ1) is 14.3. The quantitative estimate of drug-likeness (QED) is 0.887. The smallest absolute Gasteiger partial charge is 0.216 e. The SMILES string of the molecule is CNC(Cc1cc(OC)ncn1)C1(C)CCCCC1. The zero-order chi connectivity index (χ0) is 13.7. The van der Waals surface area contributed by atoms with Gasteiger partial charge in [0.2, 0.25) is 5.88 Å². The second-order valence-electron chi connectivity index (χ2n) is 5.81. The van der Waals surface area contributed by atoms with Gasteiger partial charge in [-0.15, -0.1) is 0 Å². The molecular weight excluding hydrogens is 238 g/mol. The summed E-state index contributed by atoms with van der Waals surface area (Å²) in [6.45, 7) is 2.41. The van der Waals surface area contributed by atoms with Gasteiger partial charge in [0.15, 0.2) is 0 Å². The number of nitrogens with one attached hydrogen (secondary N) is 1. The Labute approximate surface area is 116 Å². The highest BCUT2D eigenvalue weighted by molar-refractivity contribution is 5.15.